The highest BCUT2D eigenvalue weighted by Gasteiger charge is 2.15. The fraction of sp³-hybridized carbons (Fsp3) is 0.583. The molecule has 3 N–H and O–H groups in total. The van der Waals surface area contributed by atoms with Crippen molar-refractivity contribution in [1.82, 2.24) is 10.3 Å². The third-order valence-corrected chi connectivity index (χ3v) is 2.62. The molecule has 0 radical (unpaired) electrons. The summed E-state index contributed by atoms with van der Waals surface area (Å²) in [6.45, 7) is 7.35. The van der Waals surface area contributed by atoms with Crippen molar-refractivity contribution in [2.75, 3.05) is 12.3 Å². The maximum absolute atomic E-state index is 5.93. The highest BCUT2D eigenvalue weighted by atomic mass is 14.9. The molecular weight excluding hydrogens is 186 g/mol. The summed E-state index contributed by atoms with van der Waals surface area (Å²) in [5.41, 5.74) is 8.32. The summed E-state index contributed by atoms with van der Waals surface area (Å²) in [5.74, 6) is 0.661. The molecule has 1 atom stereocenters. The van der Waals surface area contributed by atoms with Crippen molar-refractivity contribution in [1.29, 1.82) is 0 Å². The number of rotatable bonds is 5. The van der Waals surface area contributed by atoms with E-state index >= 15 is 0 Å². The van der Waals surface area contributed by atoms with Gasteiger partial charge in [-0.2, -0.15) is 0 Å². The van der Waals surface area contributed by atoms with Crippen LogP contribution in [0.15, 0.2) is 12.3 Å². The molecule has 3 heteroatoms. The van der Waals surface area contributed by atoms with Crippen LogP contribution in [0.25, 0.3) is 0 Å². The number of aromatic nitrogens is 1. The van der Waals surface area contributed by atoms with Crippen molar-refractivity contribution in [2.45, 2.75) is 39.7 Å². The van der Waals surface area contributed by atoms with E-state index in [1.807, 2.05) is 6.07 Å². The van der Waals surface area contributed by atoms with Crippen LogP contribution < -0.4 is 11.1 Å². The maximum Gasteiger partial charge on any atom is 0.128 e. The number of hydrogen-bond acceptors (Lipinski definition) is 3. The normalized spacial score (nSPS) is 12.7. The lowest BCUT2D eigenvalue weighted by Crippen LogP contribution is -2.23. The van der Waals surface area contributed by atoms with Crippen LogP contribution >= 0.6 is 0 Å². The van der Waals surface area contributed by atoms with E-state index in [9.17, 15) is 0 Å². The van der Waals surface area contributed by atoms with Crippen LogP contribution in [0.5, 0.6) is 0 Å². The molecule has 0 saturated carbocycles. The molecule has 1 aromatic rings. The summed E-state index contributed by atoms with van der Waals surface area (Å²) in [4.78, 5) is 4.16. The molecule has 0 saturated heterocycles. The summed E-state index contributed by atoms with van der Waals surface area (Å²) in [7, 11) is 0. The molecular formula is C12H21N3. The van der Waals surface area contributed by atoms with Gasteiger partial charge in [-0.3, -0.25) is 0 Å². The van der Waals surface area contributed by atoms with Gasteiger partial charge in [0.05, 0.1) is 0 Å². The second-order valence-electron chi connectivity index (χ2n) is 3.83. The number of nitrogens with one attached hydrogen (secondary N) is 1. The van der Waals surface area contributed by atoms with Gasteiger partial charge in [-0.25, -0.2) is 4.98 Å². The number of aryl methyl sites for hydroxylation is 1. The Kier molecular flexibility index (Phi) is 4.56. The Labute approximate surface area is 92.1 Å². The molecule has 0 fully saturated rings. The predicted octanol–water partition coefficient (Wildman–Crippen LogP) is 2.42. The maximum atomic E-state index is 5.93. The van der Waals surface area contributed by atoms with Gasteiger partial charge < -0.3 is 11.1 Å². The third kappa shape index (κ3) is 2.93. The largest absolute Gasteiger partial charge is 0.383 e. The molecule has 0 bridgehead atoms. The van der Waals surface area contributed by atoms with Gasteiger partial charge in [0.15, 0.2) is 0 Å². The van der Waals surface area contributed by atoms with E-state index in [4.69, 9.17) is 5.73 Å². The molecule has 3 nitrogen and oxygen atoms in total. The molecule has 1 heterocycles. The first-order valence-corrected chi connectivity index (χ1v) is 5.65. The smallest absolute Gasteiger partial charge is 0.128 e. The van der Waals surface area contributed by atoms with Gasteiger partial charge >= 0.3 is 0 Å². The third-order valence-electron chi connectivity index (χ3n) is 2.62. The Morgan fingerprint density at radius 3 is 2.73 bits per heavy atom. The minimum Gasteiger partial charge on any atom is -0.383 e. The summed E-state index contributed by atoms with van der Waals surface area (Å²) < 4.78 is 0. The number of nitrogen functional groups attached to an aromatic ring is 1. The van der Waals surface area contributed by atoms with Gasteiger partial charge in [-0.05, 0) is 31.5 Å². The number of anilines is 1. The number of hydrogen-bond donors (Lipinski definition) is 2. The van der Waals surface area contributed by atoms with Crippen molar-refractivity contribution in [3.8, 4) is 0 Å². The van der Waals surface area contributed by atoms with E-state index in [1.54, 1.807) is 6.20 Å². The van der Waals surface area contributed by atoms with Crippen LogP contribution in [-0.4, -0.2) is 11.5 Å². The number of nitrogens with zero attached hydrogens (tertiary/aromatic N) is 1. The molecule has 0 aliphatic carbocycles. The quantitative estimate of drug-likeness (QED) is 0.779. The van der Waals surface area contributed by atoms with Crippen molar-refractivity contribution in [2.24, 2.45) is 0 Å². The fourth-order valence-corrected chi connectivity index (χ4v) is 1.93. The van der Waals surface area contributed by atoms with Crippen LogP contribution in [0.3, 0.4) is 0 Å². The molecule has 1 aromatic heterocycles. The zero-order valence-corrected chi connectivity index (χ0v) is 9.88. The van der Waals surface area contributed by atoms with Gasteiger partial charge in [0, 0.05) is 17.8 Å². The van der Waals surface area contributed by atoms with Crippen LogP contribution in [0.1, 0.15) is 43.9 Å². The van der Waals surface area contributed by atoms with E-state index < -0.39 is 0 Å². The molecule has 0 aromatic carbocycles. The topological polar surface area (TPSA) is 50.9 Å². The van der Waals surface area contributed by atoms with Crippen LogP contribution in [0.4, 0.5) is 5.82 Å². The van der Waals surface area contributed by atoms with Crippen molar-refractivity contribution in [3.63, 3.8) is 0 Å². The molecule has 0 aliphatic rings. The van der Waals surface area contributed by atoms with Gasteiger partial charge in [-0.15, -0.1) is 0 Å². The summed E-state index contributed by atoms with van der Waals surface area (Å²) in [6.07, 6.45) is 4.01. The zero-order valence-electron chi connectivity index (χ0n) is 9.88. The zero-order chi connectivity index (χ0) is 11.3. The monoisotopic (exact) mass is 207 g/mol. The van der Waals surface area contributed by atoms with Crippen LogP contribution in [0, 0.1) is 6.92 Å². The molecule has 84 valence electrons. The lowest BCUT2D eigenvalue weighted by molar-refractivity contribution is 0.507. The number of nitrogens with two attached hydrogens (primary N) is 1. The first kappa shape index (κ1) is 12.0. The second kappa shape index (κ2) is 5.71. The van der Waals surface area contributed by atoms with E-state index in [2.05, 4.69) is 31.1 Å². The molecule has 1 unspecified atom stereocenters. The minimum absolute atomic E-state index is 0.341. The Morgan fingerprint density at radius 1 is 1.47 bits per heavy atom. The molecule has 1 rings (SSSR count). The average Bonchev–Trinajstić information content (AvgIpc) is 2.18. The lowest BCUT2D eigenvalue weighted by atomic mass is 9.98. The number of pyridine rings is 1. The minimum atomic E-state index is 0.341. The first-order chi connectivity index (χ1) is 7.20. The Balaban J connectivity index is 2.98. The molecule has 0 aliphatic heterocycles. The highest BCUT2D eigenvalue weighted by Crippen LogP contribution is 2.25. The van der Waals surface area contributed by atoms with Gasteiger partial charge in [0.1, 0.15) is 5.82 Å². The summed E-state index contributed by atoms with van der Waals surface area (Å²) in [5, 5.41) is 3.46. The van der Waals surface area contributed by atoms with E-state index in [-0.39, 0.29) is 0 Å². The first-order valence-electron chi connectivity index (χ1n) is 5.65. The van der Waals surface area contributed by atoms with Crippen molar-refractivity contribution < 1.29 is 0 Å². The Morgan fingerprint density at radius 2 is 2.20 bits per heavy atom. The van der Waals surface area contributed by atoms with Crippen molar-refractivity contribution >= 4 is 5.82 Å². The Bertz CT molecular complexity index is 283. The molecule has 0 spiro atoms. The van der Waals surface area contributed by atoms with Gasteiger partial charge in [0.2, 0.25) is 0 Å². The summed E-state index contributed by atoms with van der Waals surface area (Å²) >= 11 is 0. The van der Waals surface area contributed by atoms with Crippen LogP contribution in [0.2, 0.25) is 0 Å². The highest BCUT2D eigenvalue weighted by molar-refractivity contribution is 5.46. The fourth-order valence-electron chi connectivity index (χ4n) is 1.93. The molecule has 15 heavy (non-hydrogen) atoms. The van der Waals surface area contributed by atoms with Gasteiger partial charge in [0.25, 0.3) is 0 Å². The van der Waals surface area contributed by atoms with E-state index in [1.165, 1.54) is 11.1 Å². The Hall–Kier alpha value is -1.09. The van der Waals surface area contributed by atoms with Gasteiger partial charge in [-0.1, -0.05) is 20.3 Å². The van der Waals surface area contributed by atoms with E-state index in [0.717, 1.165) is 19.4 Å². The predicted molar refractivity (Wildman–Crippen MR) is 64.7 cm³/mol. The van der Waals surface area contributed by atoms with E-state index in [0.29, 0.717) is 11.9 Å². The lowest BCUT2D eigenvalue weighted by Gasteiger charge is -2.20. The standard InChI is InChI=1S/C12H21N3/c1-4-6-10(14-5-2)11-9(3)7-8-15-12(11)13/h7-8,10,14H,4-6H2,1-3H3,(H2,13,15). The SMILES string of the molecule is CCCC(NCC)c1c(C)ccnc1N. The summed E-state index contributed by atoms with van der Waals surface area (Å²) in [6, 6.07) is 2.36. The average molecular weight is 207 g/mol. The van der Waals surface area contributed by atoms with Crippen molar-refractivity contribution in [3.05, 3.63) is 23.4 Å². The molecule has 0 amide bonds. The van der Waals surface area contributed by atoms with Crippen LogP contribution in [-0.2, 0) is 0 Å². The second-order valence-corrected chi connectivity index (χ2v) is 3.83.